The number of nitrogens with one attached hydrogen (secondary N) is 1. The fourth-order valence-corrected chi connectivity index (χ4v) is 3.33. The van der Waals surface area contributed by atoms with E-state index in [0.29, 0.717) is 23.2 Å². The Labute approximate surface area is 168 Å². The van der Waals surface area contributed by atoms with E-state index in [1.807, 2.05) is 55.1 Å². The lowest BCUT2D eigenvalue weighted by atomic mass is 10.1. The highest BCUT2D eigenvalue weighted by Gasteiger charge is 2.20. The average molecular weight is 397 g/mol. The molecule has 28 heavy (non-hydrogen) atoms. The topological polar surface area (TPSA) is 81.7 Å². The summed E-state index contributed by atoms with van der Waals surface area (Å²) >= 11 is 6.05. The zero-order valence-electron chi connectivity index (χ0n) is 15.9. The zero-order valence-corrected chi connectivity index (χ0v) is 16.7. The molecule has 144 valence electrons. The summed E-state index contributed by atoms with van der Waals surface area (Å²) in [5, 5.41) is 16.7. The molecule has 0 spiro atoms. The van der Waals surface area contributed by atoms with Gasteiger partial charge in [0.25, 0.3) is 0 Å². The van der Waals surface area contributed by atoms with Crippen LogP contribution in [0.4, 0.5) is 0 Å². The third-order valence-corrected chi connectivity index (χ3v) is 4.94. The lowest BCUT2D eigenvalue weighted by Gasteiger charge is -2.14. The van der Waals surface area contributed by atoms with Crippen molar-refractivity contribution in [3.05, 3.63) is 65.2 Å². The van der Waals surface area contributed by atoms with Gasteiger partial charge in [0.1, 0.15) is 5.82 Å². The molecule has 0 unspecified atom stereocenters. The van der Waals surface area contributed by atoms with Crippen molar-refractivity contribution in [2.24, 2.45) is 7.05 Å². The van der Waals surface area contributed by atoms with Crippen LogP contribution in [0.1, 0.15) is 37.3 Å². The van der Waals surface area contributed by atoms with Gasteiger partial charge in [0.05, 0.1) is 0 Å². The Morgan fingerprint density at radius 2 is 2.18 bits per heavy atom. The number of rotatable bonds is 5. The van der Waals surface area contributed by atoms with Crippen LogP contribution in [-0.2, 0) is 13.5 Å². The summed E-state index contributed by atoms with van der Waals surface area (Å²) in [6.07, 6.45) is 6.72. The maximum absolute atomic E-state index is 6.05. The minimum atomic E-state index is 0.00709. The molecule has 0 radical (unpaired) electrons. The number of hydrogen-bond donors (Lipinski definition) is 1. The smallest absolute Gasteiger partial charge is 0.230 e. The SMILES string of the molecule is C[C@H]1C=C(c2nnc(C[C@H](C)c3nc(-c4cccc(Cl)c4)no3)n2C)C=CN1. The standard InChI is InChI=1S/C20H21ClN6O/c1-12(20-23-18(26-28-20)14-5-4-6-16(21)11-14)9-17-24-25-19(27(17)3)15-7-8-22-13(2)10-15/h4-8,10-13,22H,9H2,1-3H3/t12-,13-/m0/s1. The maximum Gasteiger partial charge on any atom is 0.230 e. The van der Waals surface area contributed by atoms with Gasteiger partial charge in [-0.05, 0) is 31.3 Å². The quantitative estimate of drug-likeness (QED) is 0.707. The third kappa shape index (κ3) is 3.71. The molecule has 1 N–H and O–H groups in total. The molecule has 2 aromatic heterocycles. The van der Waals surface area contributed by atoms with E-state index in [4.69, 9.17) is 16.1 Å². The second-order valence-corrected chi connectivity index (χ2v) is 7.42. The van der Waals surface area contributed by atoms with Crippen molar-refractivity contribution in [3.63, 3.8) is 0 Å². The normalized spacial score (nSPS) is 17.3. The van der Waals surface area contributed by atoms with Crippen molar-refractivity contribution >= 4 is 17.2 Å². The molecular weight excluding hydrogens is 376 g/mol. The first-order valence-corrected chi connectivity index (χ1v) is 9.51. The largest absolute Gasteiger partial charge is 0.385 e. The lowest BCUT2D eigenvalue weighted by Crippen LogP contribution is -2.21. The molecule has 0 fully saturated rings. The summed E-state index contributed by atoms with van der Waals surface area (Å²) in [6, 6.07) is 7.66. The minimum absolute atomic E-state index is 0.00709. The number of benzene rings is 1. The Morgan fingerprint density at radius 3 is 2.96 bits per heavy atom. The summed E-state index contributed by atoms with van der Waals surface area (Å²) < 4.78 is 7.49. The minimum Gasteiger partial charge on any atom is -0.385 e. The van der Waals surface area contributed by atoms with Crippen LogP contribution in [0.25, 0.3) is 17.0 Å². The molecule has 0 saturated heterocycles. The monoisotopic (exact) mass is 396 g/mol. The van der Waals surface area contributed by atoms with Gasteiger partial charge in [-0.3, -0.25) is 0 Å². The molecule has 7 nitrogen and oxygen atoms in total. The molecule has 1 aliphatic rings. The van der Waals surface area contributed by atoms with Crippen LogP contribution in [0.2, 0.25) is 5.02 Å². The summed E-state index contributed by atoms with van der Waals surface area (Å²) in [4.78, 5) is 4.53. The Hall–Kier alpha value is -2.93. The van der Waals surface area contributed by atoms with Crippen LogP contribution >= 0.6 is 11.6 Å². The molecule has 8 heteroatoms. The first-order chi connectivity index (χ1) is 13.5. The highest BCUT2D eigenvalue weighted by atomic mass is 35.5. The third-order valence-electron chi connectivity index (χ3n) is 4.71. The van der Waals surface area contributed by atoms with Crippen LogP contribution in [0, 0.1) is 0 Å². The Bertz CT molecular complexity index is 1050. The second-order valence-electron chi connectivity index (χ2n) is 6.98. The highest BCUT2D eigenvalue weighted by Crippen LogP contribution is 2.25. The van der Waals surface area contributed by atoms with E-state index in [2.05, 4.69) is 38.7 Å². The summed E-state index contributed by atoms with van der Waals surface area (Å²) in [5.74, 6) is 2.81. The Kier molecular flexibility index (Phi) is 5.00. The maximum atomic E-state index is 6.05. The predicted octanol–water partition coefficient (Wildman–Crippen LogP) is 3.75. The van der Waals surface area contributed by atoms with Crippen LogP contribution in [-0.4, -0.2) is 30.9 Å². The van der Waals surface area contributed by atoms with Gasteiger partial charge in [-0.1, -0.05) is 41.9 Å². The Balaban J connectivity index is 1.52. The number of aromatic nitrogens is 5. The van der Waals surface area contributed by atoms with Gasteiger partial charge < -0.3 is 14.4 Å². The fraction of sp³-hybridized carbons (Fsp3) is 0.300. The van der Waals surface area contributed by atoms with Crippen molar-refractivity contribution in [1.29, 1.82) is 0 Å². The van der Waals surface area contributed by atoms with Gasteiger partial charge in [0.2, 0.25) is 11.7 Å². The van der Waals surface area contributed by atoms with Gasteiger partial charge >= 0.3 is 0 Å². The van der Waals surface area contributed by atoms with Crippen LogP contribution in [0.3, 0.4) is 0 Å². The van der Waals surface area contributed by atoms with E-state index in [1.165, 1.54) is 0 Å². The number of halogens is 1. The molecule has 0 aliphatic carbocycles. The van der Waals surface area contributed by atoms with Gasteiger partial charge in [-0.15, -0.1) is 10.2 Å². The molecule has 0 amide bonds. The molecule has 3 aromatic rings. The molecular formula is C20H21ClN6O. The van der Waals surface area contributed by atoms with Crippen molar-refractivity contribution < 1.29 is 4.52 Å². The van der Waals surface area contributed by atoms with Gasteiger partial charge in [-0.25, -0.2) is 0 Å². The first-order valence-electron chi connectivity index (χ1n) is 9.14. The van der Waals surface area contributed by atoms with Crippen molar-refractivity contribution in [2.45, 2.75) is 32.2 Å². The van der Waals surface area contributed by atoms with Gasteiger partial charge in [0.15, 0.2) is 5.82 Å². The molecule has 4 rings (SSSR count). The molecule has 0 saturated carbocycles. The second kappa shape index (κ2) is 7.59. The molecule has 2 atom stereocenters. The van der Waals surface area contributed by atoms with Gasteiger partial charge in [-0.2, -0.15) is 4.98 Å². The summed E-state index contributed by atoms with van der Waals surface area (Å²) in [7, 11) is 1.98. The summed E-state index contributed by atoms with van der Waals surface area (Å²) in [6.45, 7) is 4.13. The molecule has 0 bridgehead atoms. The number of nitrogens with zero attached hydrogens (tertiary/aromatic N) is 5. The molecule has 3 heterocycles. The van der Waals surface area contributed by atoms with E-state index >= 15 is 0 Å². The van der Waals surface area contributed by atoms with E-state index in [1.54, 1.807) is 0 Å². The number of hydrogen-bond acceptors (Lipinski definition) is 6. The van der Waals surface area contributed by atoms with E-state index in [-0.39, 0.29) is 12.0 Å². The van der Waals surface area contributed by atoms with Crippen molar-refractivity contribution in [3.8, 4) is 11.4 Å². The van der Waals surface area contributed by atoms with E-state index < -0.39 is 0 Å². The van der Waals surface area contributed by atoms with Crippen molar-refractivity contribution in [1.82, 2.24) is 30.2 Å². The zero-order chi connectivity index (χ0) is 19.7. The van der Waals surface area contributed by atoms with Crippen LogP contribution < -0.4 is 5.32 Å². The summed E-state index contributed by atoms with van der Waals surface area (Å²) in [5.41, 5.74) is 1.88. The highest BCUT2D eigenvalue weighted by molar-refractivity contribution is 6.30. The fourth-order valence-electron chi connectivity index (χ4n) is 3.14. The van der Waals surface area contributed by atoms with E-state index in [0.717, 1.165) is 22.8 Å². The lowest BCUT2D eigenvalue weighted by molar-refractivity contribution is 0.356. The van der Waals surface area contributed by atoms with E-state index in [9.17, 15) is 0 Å². The number of dihydropyridines is 1. The Morgan fingerprint density at radius 1 is 1.32 bits per heavy atom. The molecule has 1 aliphatic heterocycles. The van der Waals surface area contributed by atoms with Crippen LogP contribution in [0.15, 0.2) is 47.1 Å². The average Bonchev–Trinajstić information content (AvgIpc) is 3.30. The van der Waals surface area contributed by atoms with Crippen molar-refractivity contribution in [2.75, 3.05) is 0 Å². The predicted molar refractivity (Wildman–Crippen MR) is 108 cm³/mol. The van der Waals surface area contributed by atoms with Gasteiger partial charge in [0, 0.05) is 41.6 Å². The first kappa shape index (κ1) is 18.4. The van der Waals surface area contributed by atoms with Crippen LogP contribution in [0.5, 0.6) is 0 Å². The number of allylic oxidation sites excluding steroid dienone is 2. The molecule has 1 aromatic carbocycles.